The molecule has 0 saturated carbocycles. The fourth-order valence-corrected chi connectivity index (χ4v) is 6.15. The van der Waals surface area contributed by atoms with Crippen molar-refractivity contribution in [3.63, 3.8) is 0 Å². The zero-order chi connectivity index (χ0) is 31.0. The molecule has 6 heteroatoms. The van der Waals surface area contributed by atoms with E-state index in [4.69, 9.17) is 18.9 Å². The van der Waals surface area contributed by atoms with Crippen LogP contribution in [0.1, 0.15) is 97.1 Å². The summed E-state index contributed by atoms with van der Waals surface area (Å²) in [7, 11) is 0. The van der Waals surface area contributed by atoms with Crippen LogP contribution in [0, 0.1) is 11.8 Å². The summed E-state index contributed by atoms with van der Waals surface area (Å²) in [4.78, 5) is 0. The van der Waals surface area contributed by atoms with E-state index >= 15 is 0 Å². The fraction of sp³-hybridized carbons (Fsp3) is 0.676. The Morgan fingerprint density at radius 1 is 0.674 bits per heavy atom. The van der Waals surface area contributed by atoms with Gasteiger partial charge in [0.25, 0.3) is 0 Å². The van der Waals surface area contributed by atoms with Crippen molar-refractivity contribution < 1.29 is 29.2 Å². The molecule has 4 unspecified atom stereocenters. The molecule has 6 nitrogen and oxygen atoms in total. The smallest absolute Gasteiger partial charge is 0.131 e. The summed E-state index contributed by atoms with van der Waals surface area (Å²) in [5.74, 6) is 2.98. The number of rotatable bonds is 22. The number of fused-ring (bicyclic) bond motifs is 2. The first-order valence-electron chi connectivity index (χ1n) is 16.9. The third-order valence-electron chi connectivity index (χ3n) is 8.79. The van der Waals surface area contributed by atoms with Gasteiger partial charge in [0.15, 0.2) is 0 Å². The number of allylic oxidation sites excluding steroid dienone is 2. The van der Waals surface area contributed by atoms with Gasteiger partial charge in [-0.3, -0.25) is 0 Å². The van der Waals surface area contributed by atoms with Gasteiger partial charge in [0.2, 0.25) is 0 Å². The van der Waals surface area contributed by atoms with Crippen molar-refractivity contribution in [1.82, 2.24) is 0 Å². The maximum atomic E-state index is 10.7. The molecular formula is C37H58O6. The molecule has 1 aliphatic carbocycles. The third kappa shape index (κ3) is 11.1. The van der Waals surface area contributed by atoms with Crippen LogP contribution in [0.4, 0.5) is 0 Å². The van der Waals surface area contributed by atoms with Gasteiger partial charge in [-0.15, -0.1) is 0 Å². The standard InChI is InChI=1S/C37H58O6/c1-6-12-28(8-3)18-20-40-23-30(38)25-42-36-32-14-10-11-15-33(32)37(35-22-27(5)16-17-34(35)36)43-26-31(39)24-41-21-19-29(9-4)13-7-2/h10-11,14-16,28-31,38-39H,6-9,12-13,17-26H2,1-5H3. The van der Waals surface area contributed by atoms with E-state index < -0.39 is 12.2 Å². The number of benzene rings is 2. The van der Waals surface area contributed by atoms with Crippen molar-refractivity contribution in [2.45, 2.75) is 111 Å². The minimum Gasteiger partial charge on any atom is -0.490 e. The molecule has 0 aromatic heterocycles. The second-order valence-electron chi connectivity index (χ2n) is 12.4. The third-order valence-corrected chi connectivity index (χ3v) is 8.79. The van der Waals surface area contributed by atoms with Crippen LogP contribution >= 0.6 is 0 Å². The lowest BCUT2D eigenvalue weighted by Gasteiger charge is -2.26. The van der Waals surface area contributed by atoms with Crippen LogP contribution in [0.25, 0.3) is 10.8 Å². The Morgan fingerprint density at radius 3 is 1.63 bits per heavy atom. The lowest BCUT2D eigenvalue weighted by atomic mass is 9.87. The number of hydrogen-bond acceptors (Lipinski definition) is 6. The van der Waals surface area contributed by atoms with Gasteiger partial charge < -0.3 is 29.2 Å². The van der Waals surface area contributed by atoms with E-state index in [2.05, 4.69) is 40.7 Å². The molecule has 0 saturated heterocycles. The van der Waals surface area contributed by atoms with Gasteiger partial charge in [-0.05, 0) is 44.4 Å². The molecule has 2 N–H and O–H groups in total. The van der Waals surface area contributed by atoms with Crippen LogP contribution in [0.3, 0.4) is 0 Å². The van der Waals surface area contributed by atoms with Crippen molar-refractivity contribution in [1.29, 1.82) is 0 Å². The molecule has 43 heavy (non-hydrogen) atoms. The Morgan fingerprint density at radius 2 is 1.16 bits per heavy atom. The maximum Gasteiger partial charge on any atom is 0.131 e. The van der Waals surface area contributed by atoms with Crippen LogP contribution < -0.4 is 9.47 Å². The Hall–Kier alpha value is -2.12. The molecule has 0 aliphatic heterocycles. The zero-order valence-corrected chi connectivity index (χ0v) is 27.5. The number of aliphatic hydroxyl groups is 2. The predicted octanol–water partition coefficient (Wildman–Crippen LogP) is 7.83. The summed E-state index contributed by atoms with van der Waals surface area (Å²) in [5, 5.41) is 23.3. The molecule has 2 aromatic carbocycles. The molecule has 2 aromatic rings. The summed E-state index contributed by atoms with van der Waals surface area (Å²) in [6, 6.07) is 8.10. The molecule has 0 fully saturated rings. The molecule has 4 atom stereocenters. The molecule has 0 radical (unpaired) electrons. The summed E-state index contributed by atoms with van der Waals surface area (Å²) >= 11 is 0. The van der Waals surface area contributed by atoms with E-state index in [0.29, 0.717) is 25.0 Å². The molecule has 1 aliphatic rings. The lowest BCUT2D eigenvalue weighted by molar-refractivity contribution is 0.00740. The highest BCUT2D eigenvalue weighted by Gasteiger charge is 2.25. The first kappa shape index (κ1) is 35.4. The van der Waals surface area contributed by atoms with Crippen LogP contribution in [-0.4, -0.2) is 62.1 Å². The van der Waals surface area contributed by atoms with Gasteiger partial charge in [-0.1, -0.05) is 102 Å². The Balaban J connectivity index is 1.65. The van der Waals surface area contributed by atoms with Crippen molar-refractivity contribution in [3.05, 3.63) is 47.0 Å². The van der Waals surface area contributed by atoms with Gasteiger partial charge >= 0.3 is 0 Å². The topological polar surface area (TPSA) is 77.4 Å². The zero-order valence-electron chi connectivity index (χ0n) is 27.5. The summed E-state index contributed by atoms with van der Waals surface area (Å²) < 4.78 is 24.4. The van der Waals surface area contributed by atoms with Crippen LogP contribution in [0.2, 0.25) is 0 Å². The molecule has 0 bridgehead atoms. The minimum atomic E-state index is -0.707. The van der Waals surface area contributed by atoms with Crippen molar-refractivity contribution in [3.8, 4) is 11.5 Å². The van der Waals surface area contributed by atoms with E-state index in [1.54, 1.807) is 0 Å². The predicted molar refractivity (Wildman–Crippen MR) is 176 cm³/mol. The minimum absolute atomic E-state index is 0.165. The number of ether oxygens (including phenoxy) is 4. The molecule has 0 heterocycles. The largest absolute Gasteiger partial charge is 0.490 e. The molecule has 242 valence electrons. The highest BCUT2D eigenvalue weighted by Crippen LogP contribution is 2.44. The van der Waals surface area contributed by atoms with Crippen LogP contribution in [0.15, 0.2) is 35.9 Å². The summed E-state index contributed by atoms with van der Waals surface area (Å²) in [5.41, 5.74) is 3.46. The molecular weight excluding hydrogens is 540 g/mol. The molecule has 3 rings (SSSR count). The normalized spacial score (nSPS) is 15.9. The van der Waals surface area contributed by atoms with E-state index in [1.807, 2.05) is 24.3 Å². The summed E-state index contributed by atoms with van der Waals surface area (Å²) in [6.45, 7) is 13.2. The van der Waals surface area contributed by atoms with Gasteiger partial charge in [-0.25, -0.2) is 0 Å². The quantitative estimate of drug-likeness (QED) is 0.106. The van der Waals surface area contributed by atoms with Gasteiger partial charge in [0.05, 0.1) is 13.2 Å². The van der Waals surface area contributed by atoms with E-state index in [9.17, 15) is 10.2 Å². The second-order valence-corrected chi connectivity index (χ2v) is 12.4. The van der Waals surface area contributed by atoms with Crippen molar-refractivity contribution in [2.24, 2.45) is 11.8 Å². The monoisotopic (exact) mass is 598 g/mol. The summed E-state index contributed by atoms with van der Waals surface area (Å²) in [6.07, 6.45) is 11.6. The van der Waals surface area contributed by atoms with Gasteiger partial charge in [0, 0.05) is 35.1 Å². The molecule has 0 amide bonds. The second kappa shape index (κ2) is 19.3. The highest BCUT2D eigenvalue weighted by atomic mass is 16.5. The highest BCUT2D eigenvalue weighted by molar-refractivity contribution is 5.96. The average Bonchev–Trinajstić information content (AvgIpc) is 3.01. The SMILES string of the molecule is CCCC(CC)CCOCC(O)COc1c2c(c(OCC(O)COCCC(CC)CCC)c3ccccc13)CC(C)=CC2. The van der Waals surface area contributed by atoms with E-state index in [-0.39, 0.29) is 26.4 Å². The first-order chi connectivity index (χ1) is 20.9. The molecule has 0 spiro atoms. The van der Waals surface area contributed by atoms with Gasteiger partial charge in [-0.2, -0.15) is 0 Å². The number of hydrogen-bond donors (Lipinski definition) is 2. The Labute approximate surface area is 260 Å². The van der Waals surface area contributed by atoms with Gasteiger partial charge in [0.1, 0.15) is 36.9 Å². The van der Waals surface area contributed by atoms with Crippen molar-refractivity contribution in [2.75, 3.05) is 39.6 Å². The maximum absolute atomic E-state index is 10.7. The average molecular weight is 599 g/mol. The first-order valence-corrected chi connectivity index (χ1v) is 16.9. The number of aliphatic hydroxyl groups excluding tert-OH is 2. The Bertz CT molecular complexity index is 1110. The lowest BCUT2D eigenvalue weighted by Crippen LogP contribution is -2.25. The Kier molecular flexibility index (Phi) is 15.9. The van der Waals surface area contributed by atoms with Crippen LogP contribution in [-0.2, 0) is 22.3 Å². The van der Waals surface area contributed by atoms with E-state index in [0.717, 1.165) is 59.1 Å². The van der Waals surface area contributed by atoms with E-state index in [1.165, 1.54) is 44.1 Å². The fourth-order valence-electron chi connectivity index (χ4n) is 6.15. The van der Waals surface area contributed by atoms with Crippen LogP contribution in [0.5, 0.6) is 11.5 Å². The van der Waals surface area contributed by atoms with Crippen molar-refractivity contribution >= 4 is 10.8 Å².